The molecule has 0 saturated heterocycles. The molecule has 4 aromatic carbocycles. The molecule has 2 unspecified atom stereocenters. The van der Waals surface area contributed by atoms with E-state index in [2.05, 4.69) is 0 Å². The van der Waals surface area contributed by atoms with E-state index in [1.165, 1.54) is 63.0 Å². The third-order valence-corrected chi connectivity index (χ3v) is 5.95. The van der Waals surface area contributed by atoms with E-state index in [0.717, 1.165) is 0 Å². The second kappa shape index (κ2) is 12.0. The number of hydrogen-bond donors (Lipinski definition) is 2. The lowest BCUT2D eigenvalue weighted by molar-refractivity contribution is 0.407. The zero-order chi connectivity index (χ0) is 27.1. The Morgan fingerprint density at radius 1 is 0.605 bits per heavy atom. The van der Waals surface area contributed by atoms with Gasteiger partial charge in [-0.1, -0.05) is 24.3 Å². The smallest absolute Gasteiger partial charge is 0.128 e. The van der Waals surface area contributed by atoms with Crippen molar-refractivity contribution < 1.29 is 28.5 Å². The molecule has 0 aromatic heterocycles. The number of nitrogens with zero attached hydrogens (tertiary/aromatic N) is 2. The highest BCUT2D eigenvalue weighted by Gasteiger charge is 2.24. The number of methoxy groups -OCH3 is 2. The Morgan fingerprint density at radius 2 is 0.974 bits per heavy atom. The Kier molecular flexibility index (Phi) is 8.33. The predicted molar refractivity (Wildman–Crippen MR) is 143 cm³/mol. The average Bonchev–Trinajstić information content (AvgIpc) is 2.93. The molecule has 0 aliphatic rings. The van der Waals surface area contributed by atoms with Crippen LogP contribution in [0.1, 0.15) is 34.3 Å². The van der Waals surface area contributed by atoms with Crippen LogP contribution in [0.4, 0.5) is 8.78 Å². The molecule has 194 valence electrons. The second-order valence-electron chi connectivity index (χ2n) is 8.40. The number of aliphatic imine (C=N–C) groups is 2. The van der Waals surface area contributed by atoms with E-state index in [1.54, 1.807) is 48.5 Å². The van der Waals surface area contributed by atoms with Gasteiger partial charge in [-0.05, 0) is 59.7 Å². The summed E-state index contributed by atoms with van der Waals surface area (Å²) in [5.74, 6) is 0.0982. The van der Waals surface area contributed by atoms with Crippen LogP contribution in [-0.4, -0.2) is 36.9 Å². The number of benzene rings is 4. The Balaban J connectivity index is 1.81. The van der Waals surface area contributed by atoms with Gasteiger partial charge >= 0.3 is 0 Å². The van der Waals surface area contributed by atoms with Crippen LogP contribution in [0.25, 0.3) is 0 Å². The fourth-order valence-electron chi connectivity index (χ4n) is 3.86. The van der Waals surface area contributed by atoms with Gasteiger partial charge in [0.15, 0.2) is 0 Å². The van der Waals surface area contributed by atoms with Gasteiger partial charge in [-0.15, -0.1) is 0 Å². The van der Waals surface area contributed by atoms with Crippen LogP contribution in [0.2, 0.25) is 0 Å². The van der Waals surface area contributed by atoms with E-state index >= 15 is 0 Å². The molecule has 0 aliphatic carbocycles. The van der Waals surface area contributed by atoms with Crippen LogP contribution < -0.4 is 9.47 Å². The van der Waals surface area contributed by atoms with Crippen LogP contribution in [0.5, 0.6) is 23.0 Å². The van der Waals surface area contributed by atoms with Gasteiger partial charge in [0.1, 0.15) is 46.7 Å². The quantitative estimate of drug-likeness (QED) is 0.252. The summed E-state index contributed by atoms with van der Waals surface area (Å²) in [5, 5.41) is 20.8. The SMILES string of the molecule is COc1ccc(C=NC(c2ccc(F)cc2)C(N=Cc2ccc(OC)cc2O)c2ccc(F)cc2)c(O)c1. The number of halogens is 2. The molecule has 2 atom stereocenters. The predicted octanol–water partition coefficient (Wildman–Crippen LogP) is 6.41. The zero-order valence-corrected chi connectivity index (χ0v) is 20.8. The number of phenolic OH excluding ortho intramolecular Hbond substituents is 2. The molecule has 0 heterocycles. The third kappa shape index (κ3) is 6.34. The maximum atomic E-state index is 13.8. The van der Waals surface area contributed by atoms with Gasteiger partial charge < -0.3 is 19.7 Å². The van der Waals surface area contributed by atoms with Gasteiger partial charge in [0, 0.05) is 35.7 Å². The summed E-state index contributed by atoms with van der Waals surface area (Å²) in [6, 6.07) is 19.9. The van der Waals surface area contributed by atoms with Crippen LogP contribution in [-0.2, 0) is 0 Å². The van der Waals surface area contributed by atoms with Gasteiger partial charge in [-0.2, -0.15) is 0 Å². The molecular formula is C30H26F2N2O4. The molecular weight excluding hydrogens is 490 g/mol. The molecule has 38 heavy (non-hydrogen) atoms. The highest BCUT2D eigenvalue weighted by atomic mass is 19.1. The minimum atomic E-state index is -0.695. The molecule has 0 saturated carbocycles. The molecule has 0 bridgehead atoms. The Hall–Kier alpha value is -4.72. The summed E-state index contributed by atoms with van der Waals surface area (Å²) in [6.45, 7) is 0. The fraction of sp³-hybridized carbons (Fsp3) is 0.133. The molecule has 4 rings (SSSR count). The lowest BCUT2D eigenvalue weighted by atomic mass is 9.94. The molecule has 4 aromatic rings. The first-order valence-electron chi connectivity index (χ1n) is 11.7. The molecule has 0 aliphatic heterocycles. The van der Waals surface area contributed by atoms with E-state index in [9.17, 15) is 19.0 Å². The number of rotatable bonds is 9. The largest absolute Gasteiger partial charge is 0.507 e. The number of ether oxygens (including phenoxy) is 2. The van der Waals surface area contributed by atoms with Crippen LogP contribution in [0.3, 0.4) is 0 Å². The third-order valence-electron chi connectivity index (χ3n) is 5.95. The van der Waals surface area contributed by atoms with Crippen LogP contribution >= 0.6 is 0 Å². The minimum absolute atomic E-state index is 0.0315. The monoisotopic (exact) mass is 516 g/mol. The standard InChI is InChI=1S/C30H26F2N2O4/c1-37-25-13-7-21(27(35)15-25)17-33-29(19-3-9-23(31)10-4-19)30(20-5-11-24(32)12-6-20)34-18-22-8-14-26(38-2)16-28(22)36/h3-18,29-30,35-36H,1-2H3. The number of aromatic hydroxyl groups is 2. The van der Waals surface area contributed by atoms with Crippen molar-refractivity contribution in [3.05, 3.63) is 119 Å². The molecule has 0 radical (unpaired) electrons. The van der Waals surface area contributed by atoms with Crippen molar-refractivity contribution in [3.63, 3.8) is 0 Å². The lowest BCUT2D eigenvalue weighted by Crippen LogP contribution is -2.09. The van der Waals surface area contributed by atoms with Gasteiger partial charge in [0.05, 0.1) is 14.2 Å². The van der Waals surface area contributed by atoms with Crippen molar-refractivity contribution in [3.8, 4) is 23.0 Å². The molecule has 6 nitrogen and oxygen atoms in total. The average molecular weight is 517 g/mol. The van der Waals surface area contributed by atoms with Gasteiger partial charge in [-0.25, -0.2) is 8.78 Å². The normalized spacial score (nSPS) is 13.1. The van der Waals surface area contributed by atoms with Crippen molar-refractivity contribution in [2.24, 2.45) is 9.98 Å². The maximum Gasteiger partial charge on any atom is 0.128 e. The number of phenols is 2. The lowest BCUT2D eigenvalue weighted by Gasteiger charge is -2.22. The van der Waals surface area contributed by atoms with E-state index in [1.807, 2.05) is 0 Å². The second-order valence-corrected chi connectivity index (χ2v) is 8.40. The summed E-state index contributed by atoms with van der Waals surface area (Å²) in [6.07, 6.45) is 3.00. The van der Waals surface area contributed by atoms with Gasteiger partial charge in [0.2, 0.25) is 0 Å². The van der Waals surface area contributed by atoms with Crippen molar-refractivity contribution in [1.29, 1.82) is 0 Å². The molecule has 0 amide bonds. The summed E-state index contributed by atoms with van der Waals surface area (Å²) in [7, 11) is 3.00. The first-order valence-corrected chi connectivity index (χ1v) is 11.7. The van der Waals surface area contributed by atoms with E-state index in [-0.39, 0.29) is 11.5 Å². The highest BCUT2D eigenvalue weighted by Crippen LogP contribution is 2.37. The van der Waals surface area contributed by atoms with Crippen LogP contribution in [0.15, 0.2) is 94.9 Å². The summed E-state index contributed by atoms with van der Waals surface area (Å²) in [5.41, 5.74) is 2.15. The topological polar surface area (TPSA) is 83.6 Å². The molecule has 0 spiro atoms. The van der Waals surface area contributed by atoms with E-state index < -0.39 is 23.7 Å². The Bertz CT molecular complexity index is 1330. The van der Waals surface area contributed by atoms with E-state index in [0.29, 0.717) is 33.8 Å². The summed E-state index contributed by atoms with van der Waals surface area (Å²) >= 11 is 0. The number of hydrogen-bond acceptors (Lipinski definition) is 6. The molecule has 8 heteroatoms. The van der Waals surface area contributed by atoms with Crippen LogP contribution in [0, 0.1) is 11.6 Å². The zero-order valence-electron chi connectivity index (χ0n) is 20.8. The Morgan fingerprint density at radius 3 is 1.29 bits per heavy atom. The summed E-state index contributed by atoms with van der Waals surface area (Å²) < 4.78 is 37.8. The first-order chi connectivity index (χ1) is 18.4. The first kappa shape index (κ1) is 26.3. The maximum absolute atomic E-state index is 13.8. The fourth-order valence-corrected chi connectivity index (χ4v) is 3.86. The van der Waals surface area contributed by atoms with E-state index in [4.69, 9.17) is 19.5 Å². The van der Waals surface area contributed by atoms with Gasteiger partial charge in [-0.3, -0.25) is 9.98 Å². The Labute approximate surface area is 219 Å². The van der Waals surface area contributed by atoms with Crippen molar-refractivity contribution in [2.45, 2.75) is 12.1 Å². The van der Waals surface area contributed by atoms with Crippen molar-refractivity contribution in [2.75, 3.05) is 14.2 Å². The highest BCUT2D eigenvalue weighted by molar-refractivity contribution is 5.85. The van der Waals surface area contributed by atoms with Crippen molar-refractivity contribution in [1.82, 2.24) is 0 Å². The van der Waals surface area contributed by atoms with Crippen molar-refractivity contribution >= 4 is 12.4 Å². The van der Waals surface area contributed by atoms with Gasteiger partial charge in [0.25, 0.3) is 0 Å². The summed E-state index contributed by atoms with van der Waals surface area (Å²) in [4.78, 5) is 9.47. The molecule has 2 N–H and O–H groups in total. The molecule has 0 fully saturated rings. The minimum Gasteiger partial charge on any atom is -0.507 e.